The highest BCUT2D eigenvalue weighted by Crippen LogP contribution is 2.37. The second-order valence-electron chi connectivity index (χ2n) is 6.04. The van der Waals surface area contributed by atoms with Crippen LogP contribution in [-0.2, 0) is 9.31 Å². The molecule has 0 bridgehead atoms. The summed E-state index contributed by atoms with van der Waals surface area (Å²) in [6, 6.07) is 5.76. The molecule has 4 nitrogen and oxygen atoms in total. The monoisotopic (exact) mass is 271 g/mol. The Morgan fingerprint density at radius 2 is 1.75 bits per heavy atom. The molecule has 0 saturated carbocycles. The van der Waals surface area contributed by atoms with E-state index in [4.69, 9.17) is 13.7 Å². The molecule has 104 valence electrons. The van der Waals surface area contributed by atoms with Gasteiger partial charge in [0.25, 0.3) is 0 Å². The lowest BCUT2D eigenvalue weighted by Crippen LogP contribution is -2.41. The highest BCUT2D eigenvalue weighted by molar-refractivity contribution is 6.63. The van der Waals surface area contributed by atoms with Gasteiger partial charge in [0.05, 0.1) is 29.4 Å². The molecule has 1 aliphatic heterocycles. The molecule has 5 heteroatoms. The summed E-state index contributed by atoms with van der Waals surface area (Å²) in [7, 11) is -0.418. The fourth-order valence-electron chi connectivity index (χ4n) is 2.22. The van der Waals surface area contributed by atoms with Crippen LogP contribution in [0.1, 0.15) is 27.7 Å². The van der Waals surface area contributed by atoms with E-state index in [-0.39, 0.29) is 11.2 Å². The van der Waals surface area contributed by atoms with E-state index in [9.17, 15) is 0 Å². The molecule has 0 radical (unpaired) electrons. The van der Waals surface area contributed by atoms with Gasteiger partial charge >= 0.3 is 7.12 Å². The van der Waals surface area contributed by atoms with Crippen LogP contribution in [0.3, 0.4) is 0 Å². The van der Waals surface area contributed by atoms with E-state index < -0.39 is 7.12 Å². The van der Waals surface area contributed by atoms with Gasteiger partial charge in [-0.1, -0.05) is 6.07 Å². The molecule has 2 aromatic heterocycles. The van der Waals surface area contributed by atoms with Gasteiger partial charge in [0.15, 0.2) is 0 Å². The molecule has 0 unspecified atom stereocenters. The molecular weight excluding hydrogens is 253 g/mol. The molecular formula is C15H18BNO3. The van der Waals surface area contributed by atoms with Crippen LogP contribution < -0.4 is 5.46 Å². The highest BCUT2D eigenvalue weighted by Gasteiger charge is 2.52. The molecule has 1 fully saturated rings. The molecule has 1 aliphatic rings. The summed E-state index contributed by atoms with van der Waals surface area (Å²) in [6.07, 6.45) is 5.08. The molecule has 0 N–H and O–H groups in total. The van der Waals surface area contributed by atoms with Crippen molar-refractivity contribution in [3.63, 3.8) is 0 Å². The van der Waals surface area contributed by atoms with Gasteiger partial charge in [0.1, 0.15) is 0 Å². The zero-order valence-corrected chi connectivity index (χ0v) is 12.2. The molecule has 0 aromatic carbocycles. The number of hydrogen-bond donors (Lipinski definition) is 0. The number of nitrogens with zero attached hydrogens (tertiary/aromatic N) is 1. The molecule has 0 atom stereocenters. The zero-order valence-electron chi connectivity index (χ0n) is 12.2. The zero-order chi connectivity index (χ0) is 14.4. The first-order valence-electron chi connectivity index (χ1n) is 6.74. The van der Waals surface area contributed by atoms with Crippen LogP contribution in [0.25, 0.3) is 11.3 Å². The van der Waals surface area contributed by atoms with E-state index in [1.165, 1.54) is 0 Å². The Morgan fingerprint density at radius 1 is 1.05 bits per heavy atom. The fourth-order valence-corrected chi connectivity index (χ4v) is 2.22. The van der Waals surface area contributed by atoms with Gasteiger partial charge < -0.3 is 13.7 Å². The minimum absolute atomic E-state index is 0.360. The Hall–Kier alpha value is -1.59. The maximum Gasteiger partial charge on any atom is 0.497 e. The topological polar surface area (TPSA) is 44.5 Å². The van der Waals surface area contributed by atoms with E-state index in [0.29, 0.717) is 0 Å². The largest absolute Gasteiger partial charge is 0.497 e. The van der Waals surface area contributed by atoms with Crippen LogP contribution in [0.2, 0.25) is 0 Å². The van der Waals surface area contributed by atoms with Crippen LogP contribution in [0.15, 0.2) is 41.3 Å². The Morgan fingerprint density at radius 3 is 2.35 bits per heavy atom. The predicted molar refractivity (Wildman–Crippen MR) is 77.7 cm³/mol. The smallest absolute Gasteiger partial charge is 0.472 e. The van der Waals surface area contributed by atoms with E-state index in [0.717, 1.165) is 16.7 Å². The SMILES string of the molecule is CC1(C)OB(c2cccnc2-c2ccoc2)OC1(C)C. The third-order valence-electron chi connectivity index (χ3n) is 4.14. The number of rotatable bonds is 2. The average molecular weight is 271 g/mol. The fraction of sp³-hybridized carbons (Fsp3) is 0.400. The average Bonchev–Trinajstić information content (AvgIpc) is 2.97. The van der Waals surface area contributed by atoms with Crippen molar-refractivity contribution in [2.75, 3.05) is 0 Å². The minimum Gasteiger partial charge on any atom is -0.472 e. The quantitative estimate of drug-likeness (QED) is 0.787. The molecule has 20 heavy (non-hydrogen) atoms. The van der Waals surface area contributed by atoms with Crippen molar-refractivity contribution in [1.82, 2.24) is 4.98 Å². The van der Waals surface area contributed by atoms with E-state index in [1.54, 1.807) is 18.7 Å². The summed E-state index contributed by atoms with van der Waals surface area (Å²) in [5.74, 6) is 0. The Kier molecular flexibility index (Phi) is 2.99. The Balaban J connectivity index is 2.01. The van der Waals surface area contributed by atoms with Crippen LogP contribution in [0.5, 0.6) is 0 Å². The second-order valence-corrected chi connectivity index (χ2v) is 6.04. The minimum atomic E-state index is -0.418. The lowest BCUT2D eigenvalue weighted by atomic mass is 9.77. The third kappa shape index (κ3) is 2.07. The summed E-state index contributed by atoms with van der Waals surface area (Å²) >= 11 is 0. The van der Waals surface area contributed by atoms with Crippen molar-refractivity contribution in [3.8, 4) is 11.3 Å². The first-order chi connectivity index (χ1) is 9.41. The van der Waals surface area contributed by atoms with Gasteiger partial charge in [-0.15, -0.1) is 0 Å². The standard InChI is InChI=1S/C15H18BNO3/c1-14(2)15(3,4)20-16(19-14)12-6-5-8-17-13(12)11-7-9-18-10-11/h5-10H,1-4H3. The summed E-state index contributed by atoms with van der Waals surface area (Å²) in [5, 5.41) is 0. The number of aromatic nitrogens is 1. The van der Waals surface area contributed by atoms with Gasteiger partial charge in [-0.2, -0.15) is 0 Å². The number of hydrogen-bond acceptors (Lipinski definition) is 4. The van der Waals surface area contributed by atoms with Crippen molar-refractivity contribution >= 4 is 12.6 Å². The van der Waals surface area contributed by atoms with Crippen molar-refractivity contribution in [2.24, 2.45) is 0 Å². The molecule has 3 heterocycles. The molecule has 3 rings (SSSR count). The van der Waals surface area contributed by atoms with Gasteiger partial charge in [0.2, 0.25) is 0 Å². The number of pyridine rings is 1. The van der Waals surface area contributed by atoms with E-state index in [2.05, 4.69) is 4.98 Å². The third-order valence-corrected chi connectivity index (χ3v) is 4.14. The predicted octanol–water partition coefficient (Wildman–Crippen LogP) is 2.64. The first-order valence-corrected chi connectivity index (χ1v) is 6.74. The maximum absolute atomic E-state index is 6.10. The van der Waals surface area contributed by atoms with Crippen LogP contribution >= 0.6 is 0 Å². The van der Waals surface area contributed by atoms with E-state index >= 15 is 0 Å². The van der Waals surface area contributed by atoms with Gasteiger partial charge in [-0.3, -0.25) is 4.98 Å². The van der Waals surface area contributed by atoms with Crippen molar-refractivity contribution < 1.29 is 13.7 Å². The van der Waals surface area contributed by atoms with Gasteiger partial charge in [-0.05, 0) is 39.8 Å². The molecule has 0 aliphatic carbocycles. The van der Waals surface area contributed by atoms with Crippen LogP contribution in [0.4, 0.5) is 0 Å². The summed E-state index contributed by atoms with van der Waals surface area (Å²) in [5.41, 5.74) is 1.96. The van der Waals surface area contributed by atoms with Gasteiger partial charge in [-0.25, -0.2) is 0 Å². The summed E-state index contributed by atoms with van der Waals surface area (Å²) in [4.78, 5) is 4.44. The maximum atomic E-state index is 6.10. The van der Waals surface area contributed by atoms with E-state index in [1.807, 2.05) is 45.9 Å². The molecule has 0 spiro atoms. The second kappa shape index (κ2) is 4.47. The molecule has 1 saturated heterocycles. The summed E-state index contributed by atoms with van der Waals surface area (Å²) < 4.78 is 17.3. The Labute approximate surface area is 119 Å². The normalized spacial score (nSPS) is 20.3. The molecule has 0 amide bonds. The lowest BCUT2D eigenvalue weighted by Gasteiger charge is -2.32. The van der Waals surface area contributed by atoms with Crippen LogP contribution in [0, 0.1) is 0 Å². The van der Waals surface area contributed by atoms with Crippen molar-refractivity contribution in [3.05, 3.63) is 36.9 Å². The van der Waals surface area contributed by atoms with Crippen LogP contribution in [-0.4, -0.2) is 23.3 Å². The highest BCUT2D eigenvalue weighted by atomic mass is 16.7. The van der Waals surface area contributed by atoms with Crippen molar-refractivity contribution in [1.29, 1.82) is 0 Å². The van der Waals surface area contributed by atoms with Gasteiger partial charge in [0, 0.05) is 17.2 Å². The first kappa shape index (κ1) is 13.4. The Bertz CT molecular complexity index is 591. The number of furan rings is 1. The van der Waals surface area contributed by atoms with Crippen molar-refractivity contribution in [2.45, 2.75) is 38.9 Å². The molecule has 2 aromatic rings. The lowest BCUT2D eigenvalue weighted by molar-refractivity contribution is 0.00578. The summed E-state index contributed by atoms with van der Waals surface area (Å²) in [6.45, 7) is 8.17.